The number of nitrogens with one attached hydrogen (secondary N) is 1. The van der Waals surface area contributed by atoms with Gasteiger partial charge in [0.05, 0.1) is 0 Å². The monoisotopic (exact) mass is 247 g/mol. The molecule has 2 aliphatic rings. The summed E-state index contributed by atoms with van der Waals surface area (Å²) in [5, 5.41) is 0. The highest BCUT2D eigenvalue weighted by atomic mass is 15.3. The molecule has 1 aromatic rings. The molecule has 5 heteroatoms. The highest BCUT2D eigenvalue weighted by molar-refractivity contribution is 5.33. The smallest absolute Gasteiger partial charge is 0.139 e. The molecule has 0 radical (unpaired) electrons. The van der Waals surface area contributed by atoms with E-state index in [1.54, 1.807) is 0 Å². The van der Waals surface area contributed by atoms with Gasteiger partial charge in [-0.25, -0.2) is 10.8 Å². The molecule has 0 saturated carbocycles. The maximum Gasteiger partial charge on any atom is 0.139 e. The Kier molecular flexibility index (Phi) is 3.45. The normalized spacial score (nSPS) is 25.1. The molecule has 0 amide bonds. The van der Waals surface area contributed by atoms with Crippen LogP contribution in [0, 0.1) is 0 Å². The minimum absolute atomic E-state index is 0.722. The van der Waals surface area contributed by atoms with E-state index in [9.17, 15) is 0 Å². The third kappa shape index (κ3) is 2.48. The van der Waals surface area contributed by atoms with Crippen LogP contribution >= 0.6 is 0 Å². The van der Waals surface area contributed by atoms with Crippen LogP contribution in [0.3, 0.4) is 0 Å². The van der Waals surface area contributed by atoms with Gasteiger partial charge in [0.15, 0.2) is 0 Å². The second-order valence-corrected chi connectivity index (χ2v) is 5.26. The number of piperazine rings is 1. The molecular formula is C13H21N5. The second kappa shape index (κ2) is 5.22. The lowest BCUT2D eigenvalue weighted by atomic mass is 10.1. The molecule has 3 heterocycles. The molecule has 5 nitrogen and oxygen atoms in total. The summed E-state index contributed by atoms with van der Waals surface area (Å²) >= 11 is 0. The highest BCUT2D eigenvalue weighted by Crippen LogP contribution is 2.22. The summed E-state index contributed by atoms with van der Waals surface area (Å²) in [7, 11) is 0. The highest BCUT2D eigenvalue weighted by Gasteiger charge is 2.30. The Labute approximate surface area is 108 Å². The largest absolute Gasteiger partial charge is 0.308 e. The van der Waals surface area contributed by atoms with Crippen molar-refractivity contribution in [1.82, 2.24) is 14.8 Å². The number of pyridine rings is 1. The Bertz CT molecular complexity index is 391. The van der Waals surface area contributed by atoms with Crippen LogP contribution in [0.1, 0.15) is 18.4 Å². The van der Waals surface area contributed by atoms with Crippen molar-refractivity contribution >= 4 is 5.82 Å². The maximum absolute atomic E-state index is 5.31. The molecule has 18 heavy (non-hydrogen) atoms. The number of aromatic nitrogens is 1. The summed E-state index contributed by atoms with van der Waals surface area (Å²) in [4.78, 5) is 9.43. The zero-order chi connectivity index (χ0) is 12.4. The minimum Gasteiger partial charge on any atom is -0.308 e. The van der Waals surface area contributed by atoms with E-state index < -0.39 is 0 Å². The van der Waals surface area contributed by atoms with Gasteiger partial charge in [-0.05, 0) is 31.0 Å². The average molecular weight is 247 g/mol. The zero-order valence-corrected chi connectivity index (χ0v) is 10.7. The van der Waals surface area contributed by atoms with Crippen LogP contribution < -0.4 is 11.3 Å². The predicted octanol–water partition coefficient (Wildman–Crippen LogP) is 0.647. The minimum atomic E-state index is 0.722. The quantitative estimate of drug-likeness (QED) is 0.606. The third-order valence-corrected chi connectivity index (χ3v) is 4.05. The number of hydrogen-bond donors (Lipinski definition) is 2. The summed E-state index contributed by atoms with van der Waals surface area (Å²) in [6, 6.07) is 4.82. The molecule has 2 saturated heterocycles. The first-order chi connectivity index (χ1) is 8.85. The number of hydrogen-bond acceptors (Lipinski definition) is 5. The molecule has 2 aliphatic heterocycles. The van der Waals surface area contributed by atoms with Crippen LogP contribution in [-0.4, -0.2) is 47.0 Å². The van der Waals surface area contributed by atoms with Crippen LogP contribution in [0.15, 0.2) is 18.3 Å². The van der Waals surface area contributed by atoms with Crippen LogP contribution in [0.4, 0.5) is 5.82 Å². The Morgan fingerprint density at radius 2 is 2.28 bits per heavy atom. The standard InChI is InChI=1S/C13H21N5/c14-16-13-4-3-11(8-15-13)9-17-6-7-18-5-1-2-12(18)10-17/h3-4,8,12H,1-2,5-7,9-10,14H2,(H,15,16). The Morgan fingerprint density at radius 1 is 1.33 bits per heavy atom. The van der Waals surface area contributed by atoms with Crippen molar-refractivity contribution in [2.45, 2.75) is 25.4 Å². The van der Waals surface area contributed by atoms with Gasteiger partial charge in [-0.3, -0.25) is 9.80 Å². The van der Waals surface area contributed by atoms with Gasteiger partial charge < -0.3 is 5.43 Å². The van der Waals surface area contributed by atoms with E-state index >= 15 is 0 Å². The van der Waals surface area contributed by atoms with Gasteiger partial charge in [0.25, 0.3) is 0 Å². The van der Waals surface area contributed by atoms with Crippen LogP contribution in [0.25, 0.3) is 0 Å². The average Bonchev–Trinajstić information content (AvgIpc) is 2.87. The van der Waals surface area contributed by atoms with Crippen molar-refractivity contribution in [3.8, 4) is 0 Å². The van der Waals surface area contributed by atoms with Crippen molar-refractivity contribution in [1.29, 1.82) is 0 Å². The molecule has 0 spiro atoms. The van der Waals surface area contributed by atoms with Crippen molar-refractivity contribution in [3.05, 3.63) is 23.9 Å². The Hall–Kier alpha value is -1.17. The van der Waals surface area contributed by atoms with Gasteiger partial charge in [0.2, 0.25) is 0 Å². The molecule has 0 bridgehead atoms. The summed E-state index contributed by atoms with van der Waals surface area (Å²) in [6.45, 7) is 5.91. The van der Waals surface area contributed by atoms with Gasteiger partial charge in [0.1, 0.15) is 5.82 Å². The van der Waals surface area contributed by atoms with Crippen molar-refractivity contribution in [2.75, 3.05) is 31.6 Å². The fraction of sp³-hybridized carbons (Fsp3) is 0.615. The fourth-order valence-corrected chi connectivity index (χ4v) is 3.06. The lowest BCUT2D eigenvalue weighted by Crippen LogP contribution is -2.49. The van der Waals surface area contributed by atoms with Crippen molar-refractivity contribution < 1.29 is 0 Å². The van der Waals surface area contributed by atoms with Crippen LogP contribution in [0.5, 0.6) is 0 Å². The number of nitrogens with two attached hydrogens (primary N) is 1. The van der Waals surface area contributed by atoms with E-state index in [1.807, 2.05) is 12.3 Å². The van der Waals surface area contributed by atoms with Gasteiger partial charge in [-0.2, -0.15) is 0 Å². The fourth-order valence-electron chi connectivity index (χ4n) is 3.06. The molecule has 98 valence electrons. The number of fused-ring (bicyclic) bond motifs is 1. The molecule has 1 unspecified atom stereocenters. The maximum atomic E-state index is 5.31. The summed E-state index contributed by atoms with van der Waals surface area (Å²) in [5.74, 6) is 6.04. The van der Waals surface area contributed by atoms with Gasteiger partial charge >= 0.3 is 0 Å². The van der Waals surface area contributed by atoms with E-state index in [2.05, 4.69) is 26.3 Å². The van der Waals surface area contributed by atoms with Crippen molar-refractivity contribution in [2.24, 2.45) is 5.84 Å². The molecule has 1 aromatic heterocycles. The van der Waals surface area contributed by atoms with E-state index in [0.29, 0.717) is 0 Å². The van der Waals surface area contributed by atoms with E-state index in [1.165, 1.54) is 44.6 Å². The molecule has 2 fully saturated rings. The topological polar surface area (TPSA) is 57.4 Å². The summed E-state index contributed by atoms with van der Waals surface area (Å²) < 4.78 is 0. The molecule has 1 atom stereocenters. The molecular weight excluding hydrogens is 226 g/mol. The molecule has 3 rings (SSSR count). The third-order valence-electron chi connectivity index (χ3n) is 4.05. The summed E-state index contributed by atoms with van der Waals surface area (Å²) in [6.07, 6.45) is 4.65. The molecule has 0 aliphatic carbocycles. The number of hydrazine groups is 1. The SMILES string of the molecule is NNc1ccc(CN2CCN3CCCC3C2)cn1. The Morgan fingerprint density at radius 3 is 3.06 bits per heavy atom. The predicted molar refractivity (Wildman–Crippen MR) is 71.9 cm³/mol. The first-order valence-corrected chi connectivity index (χ1v) is 6.73. The van der Waals surface area contributed by atoms with E-state index in [0.717, 1.165) is 18.4 Å². The van der Waals surface area contributed by atoms with E-state index in [4.69, 9.17) is 5.84 Å². The van der Waals surface area contributed by atoms with Crippen LogP contribution in [0.2, 0.25) is 0 Å². The zero-order valence-electron chi connectivity index (χ0n) is 10.7. The number of rotatable bonds is 3. The number of anilines is 1. The Balaban J connectivity index is 1.58. The second-order valence-electron chi connectivity index (χ2n) is 5.26. The van der Waals surface area contributed by atoms with Gasteiger partial charge in [-0.15, -0.1) is 0 Å². The van der Waals surface area contributed by atoms with Crippen molar-refractivity contribution in [3.63, 3.8) is 0 Å². The lowest BCUT2D eigenvalue weighted by Gasteiger charge is -2.37. The molecule has 0 aromatic carbocycles. The first-order valence-electron chi connectivity index (χ1n) is 6.73. The lowest BCUT2D eigenvalue weighted by molar-refractivity contribution is 0.0993. The molecule has 3 N–H and O–H groups in total. The van der Waals surface area contributed by atoms with Gasteiger partial charge in [-0.1, -0.05) is 6.07 Å². The number of nitrogens with zero attached hydrogens (tertiary/aromatic N) is 3. The van der Waals surface area contributed by atoms with E-state index in [-0.39, 0.29) is 0 Å². The van der Waals surface area contributed by atoms with Crippen LogP contribution in [-0.2, 0) is 6.54 Å². The van der Waals surface area contributed by atoms with Gasteiger partial charge in [0, 0.05) is 38.4 Å². The first kappa shape index (κ1) is 11.9. The summed E-state index contributed by atoms with van der Waals surface area (Å²) in [5.41, 5.74) is 3.82. The number of nitrogen functional groups attached to an aromatic ring is 1.